The molecule has 13 nitrogen and oxygen atoms in total. The molecule has 0 radical (unpaired) electrons. The first-order valence-electron chi connectivity index (χ1n) is 16.2. The van der Waals surface area contributed by atoms with E-state index in [4.69, 9.17) is 21.6 Å². The monoisotopic (exact) mass is 708 g/mol. The molecule has 3 aliphatic rings. The first-order valence-corrected chi connectivity index (χ1v) is 16.2. The van der Waals surface area contributed by atoms with Gasteiger partial charge in [-0.2, -0.15) is 9.97 Å². The number of rotatable bonds is 6. The number of fused-ring (bicyclic) bond motifs is 2. The largest absolute Gasteiger partial charge is 0.405 e. The van der Waals surface area contributed by atoms with Crippen LogP contribution in [0.2, 0.25) is 0 Å². The summed E-state index contributed by atoms with van der Waals surface area (Å²) in [5, 5.41) is 53.6. The van der Waals surface area contributed by atoms with Crippen LogP contribution in [0.25, 0.3) is 32.9 Å². The number of benzene rings is 2. The zero-order valence-electron chi connectivity index (χ0n) is 27.4. The maximum atomic E-state index is 16.9. The number of pyridine rings is 1. The zero-order valence-corrected chi connectivity index (χ0v) is 27.4. The Hall–Kier alpha value is -4.60. The molecule has 51 heavy (non-hydrogen) atoms. The maximum absolute atomic E-state index is 16.9. The number of hydrogen-bond donors (Lipinski definition) is 6. The molecule has 7 rings (SSSR count). The molecule has 2 aromatic carbocycles. The first-order chi connectivity index (χ1) is 24.2. The van der Waals surface area contributed by atoms with Crippen LogP contribution in [0.5, 0.6) is 6.01 Å². The molecule has 1 saturated carbocycles. The van der Waals surface area contributed by atoms with E-state index in [0.717, 1.165) is 4.90 Å². The second-order valence-electron chi connectivity index (χ2n) is 13.5. The lowest BCUT2D eigenvalue weighted by molar-refractivity contribution is -0.415. The molecule has 16 heteroatoms. The summed E-state index contributed by atoms with van der Waals surface area (Å²) in [6.45, 7) is 2.69. The third kappa shape index (κ3) is 6.20. The van der Waals surface area contributed by atoms with Gasteiger partial charge in [0.2, 0.25) is 0 Å². The zero-order chi connectivity index (χ0) is 36.5. The van der Waals surface area contributed by atoms with Gasteiger partial charge in [0.15, 0.2) is 5.82 Å². The molecule has 3 fully saturated rings. The summed E-state index contributed by atoms with van der Waals surface area (Å²) in [5.74, 6) is -4.31. The summed E-state index contributed by atoms with van der Waals surface area (Å²) in [7, 11) is 0. The highest BCUT2D eigenvalue weighted by molar-refractivity contribution is 6.03. The number of halogens is 3. The Bertz CT molecular complexity index is 2110. The Morgan fingerprint density at radius 3 is 2.59 bits per heavy atom. The topological polar surface area (TPSA) is 191 Å². The summed E-state index contributed by atoms with van der Waals surface area (Å²) in [6.07, 6.45) is 4.38. The minimum atomic E-state index is -3.36. The molecule has 1 aliphatic carbocycles. The predicted molar refractivity (Wildman–Crippen MR) is 178 cm³/mol. The van der Waals surface area contributed by atoms with Crippen molar-refractivity contribution in [3.63, 3.8) is 0 Å². The number of aliphatic hydroxyl groups is 5. The molecule has 2 unspecified atom stereocenters. The number of likely N-dealkylation sites (tertiary alicyclic amines) is 1. The number of ether oxygens (including phenoxy) is 2. The van der Waals surface area contributed by atoms with E-state index >= 15 is 4.39 Å². The van der Waals surface area contributed by atoms with Gasteiger partial charge >= 0.3 is 18.1 Å². The van der Waals surface area contributed by atoms with Crippen LogP contribution in [0, 0.1) is 35.8 Å². The molecule has 2 aliphatic heterocycles. The number of anilines is 2. The Balaban J connectivity index is 1.38. The normalized spacial score (nSPS) is 22.0. The summed E-state index contributed by atoms with van der Waals surface area (Å²) in [5.41, 5.74) is 4.49. The lowest BCUT2D eigenvalue weighted by atomic mass is 9.84. The van der Waals surface area contributed by atoms with Crippen molar-refractivity contribution < 1.29 is 48.2 Å². The predicted octanol–water partition coefficient (Wildman–Crippen LogP) is 2.47. The van der Waals surface area contributed by atoms with Crippen LogP contribution in [0.4, 0.5) is 24.7 Å². The van der Waals surface area contributed by atoms with E-state index in [0.29, 0.717) is 37.9 Å². The molecule has 268 valence electrons. The van der Waals surface area contributed by atoms with E-state index in [9.17, 15) is 34.3 Å². The van der Waals surface area contributed by atoms with Crippen LogP contribution in [-0.4, -0.2) is 95.8 Å². The lowest BCUT2D eigenvalue weighted by Gasteiger charge is -2.46. The fourth-order valence-electron chi connectivity index (χ4n) is 7.26. The molecule has 2 saturated heterocycles. The Kier molecular flexibility index (Phi) is 8.58. The van der Waals surface area contributed by atoms with E-state index < -0.39 is 47.7 Å². The van der Waals surface area contributed by atoms with Gasteiger partial charge in [-0.05, 0) is 54.3 Å². The molecular weight excluding hydrogens is 673 g/mol. The Morgan fingerprint density at radius 2 is 1.90 bits per heavy atom. The van der Waals surface area contributed by atoms with E-state index in [2.05, 4.69) is 20.9 Å². The summed E-state index contributed by atoms with van der Waals surface area (Å²) in [4.78, 5) is 15.6. The average Bonchev–Trinajstić information content (AvgIpc) is 3.87. The highest BCUT2D eigenvalue weighted by atomic mass is 19.1. The van der Waals surface area contributed by atoms with E-state index in [1.54, 1.807) is 11.0 Å². The van der Waals surface area contributed by atoms with Crippen LogP contribution in [-0.2, 0) is 4.74 Å². The third-order valence-electron chi connectivity index (χ3n) is 9.82. The molecule has 0 bridgehead atoms. The van der Waals surface area contributed by atoms with Crippen LogP contribution in [0.1, 0.15) is 31.7 Å². The second kappa shape index (κ2) is 12.6. The van der Waals surface area contributed by atoms with Crippen molar-refractivity contribution in [1.29, 1.82) is 0 Å². The van der Waals surface area contributed by atoms with E-state index in [1.165, 1.54) is 24.4 Å². The van der Waals surface area contributed by atoms with E-state index in [-0.39, 0.29) is 75.5 Å². The highest BCUT2D eigenvalue weighted by Gasteiger charge is 2.61. The van der Waals surface area contributed by atoms with Crippen LogP contribution < -0.4 is 15.4 Å². The third-order valence-corrected chi connectivity index (χ3v) is 9.82. The molecular formula is C35H35F3N6O7. The fourth-order valence-corrected chi connectivity index (χ4v) is 7.26. The van der Waals surface area contributed by atoms with Gasteiger partial charge < -0.3 is 45.6 Å². The Labute approximate surface area is 289 Å². The van der Waals surface area contributed by atoms with Crippen molar-refractivity contribution in [3.8, 4) is 29.6 Å². The summed E-state index contributed by atoms with van der Waals surface area (Å²) >= 11 is 0. The molecule has 0 amide bonds. The van der Waals surface area contributed by atoms with Crippen LogP contribution in [0.3, 0.4) is 0 Å². The van der Waals surface area contributed by atoms with Gasteiger partial charge in [0.1, 0.15) is 22.8 Å². The van der Waals surface area contributed by atoms with Gasteiger partial charge in [0.05, 0.1) is 36.4 Å². The van der Waals surface area contributed by atoms with Gasteiger partial charge in [-0.25, -0.2) is 18.1 Å². The number of nitrogen functional groups attached to an aromatic ring is 1. The first kappa shape index (κ1) is 34.8. The number of terminal acetylenes is 1. The molecule has 4 heterocycles. The quantitative estimate of drug-likeness (QED) is 0.0974. The molecule has 4 aromatic rings. The van der Waals surface area contributed by atoms with Crippen molar-refractivity contribution >= 4 is 33.2 Å². The van der Waals surface area contributed by atoms with Crippen LogP contribution >= 0.6 is 0 Å². The number of nitrogens with two attached hydrogens (primary N) is 1. The smallest absolute Gasteiger partial charge is 0.346 e. The molecule has 2 atom stereocenters. The van der Waals surface area contributed by atoms with Crippen molar-refractivity contribution in [2.45, 2.75) is 43.8 Å². The SMILES string of the molecule is C#Cc1c(F)ccc2cc(N)cc(-c3ncc4c(N5CCOCC(C)C5)nc(OC(O)(O)C5CN(C(O)(O)O)C6(CC6)C/C5=C\F)nc4c3F)c12. The van der Waals surface area contributed by atoms with Gasteiger partial charge in [-0.15, -0.1) is 6.42 Å². The van der Waals surface area contributed by atoms with Gasteiger partial charge in [0, 0.05) is 48.0 Å². The van der Waals surface area contributed by atoms with Crippen molar-refractivity contribution in [1.82, 2.24) is 19.9 Å². The lowest BCUT2D eigenvalue weighted by Crippen LogP contribution is -2.63. The fraction of sp³-hybridized carbons (Fsp3) is 0.400. The minimum absolute atomic E-state index is 0.000374. The Morgan fingerprint density at radius 1 is 1.14 bits per heavy atom. The summed E-state index contributed by atoms with van der Waals surface area (Å²) < 4.78 is 57.3. The maximum Gasteiger partial charge on any atom is 0.346 e. The molecule has 2 aromatic heterocycles. The molecule has 7 N–H and O–H groups in total. The van der Waals surface area contributed by atoms with Crippen LogP contribution in [0.15, 0.2) is 42.4 Å². The molecule has 1 spiro atoms. The van der Waals surface area contributed by atoms with Crippen molar-refractivity contribution in [3.05, 3.63) is 59.6 Å². The number of aromatic nitrogens is 3. The minimum Gasteiger partial charge on any atom is -0.405 e. The second-order valence-corrected chi connectivity index (χ2v) is 13.5. The van der Waals surface area contributed by atoms with Crippen molar-refractivity contribution in [2.75, 3.05) is 43.5 Å². The highest BCUT2D eigenvalue weighted by Crippen LogP contribution is 2.54. The van der Waals surface area contributed by atoms with E-state index in [1.807, 2.05) is 6.92 Å². The number of hydrogen-bond acceptors (Lipinski definition) is 13. The number of nitrogens with zero attached hydrogens (tertiary/aromatic N) is 5. The number of piperidine rings is 1. The summed E-state index contributed by atoms with van der Waals surface area (Å²) in [6, 6.07) is 4.85. The van der Waals surface area contributed by atoms with Gasteiger partial charge in [0.25, 0.3) is 0 Å². The standard InChI is InChI=1S/C35H35F3N6O7/c1-3-22-26(37)5-4-19-10-21(39)11-23(27(19)22)29-28(38)30-24(14-40-29)31(43-8-9-50-17-18(2)15-43)42-32(41-30)51-34(45,46)25-16-44(35(47,48)49)33(6-7-33)12-20(25)13-36/h1,4-5,10-11,13-14,18,25,45-49H,6-9,12,15-17,39H2,2H3/b20-13+. The van der Waals surface area contributed by atoms with Gasteiger partial charge in [-0.3, -0.25) is 4.98 Å². The van der Waals surface area contributed by atoms with Gasteiger partial charge in [-0.1, -0.05) is 18.9 Å². The van der Waals surface area contributed by atoms with Crippen molar-refractivity contribution in [2.24, 2.45) is 11.8 Å². The average molecular weight is 709 g/mol.